The Labute approximate surface area is 129 Å². The van der Waals surface area contributed by atoms with Crippen molar-refractivity contribution in [3.63, 3.8) is 0 Å². The van der Waals surface area contributed by atoms with Gasteiger partial charge in [0.05, 0.1) is 26.5 Å². The fourth-order valence-electron chi connectivity index (χ4n) is 2.14. The number of carbonyl (C=O) groups excluding carboxylic acids is 1. The molecule has 1 aromatic carbocycles. The van der Waals surface area contributed by atoms with E-state index < -0.39 is 5.79 Å². The molecule has 1 saturated heterocycles. The van der Waals surface area contributed by atoms with Gasteiger partial charge in [0.15, 0.2) is 5.79 Å². The Bertz CT molecular complexity index is 533. The van der Waals surface area contributed by atoms with Gasteiger partial charge in [-0.05, 0) is 26.0 Å². The summed E-state index contributed by atoms with van der Waals surface area (Å²) in [5, 5.41) is 5.48. The van der Waals surface area contributed by atoms with Crippen LogP contribution in [-0.4, -0.2) is 45.3 Å². The molecule has 1 aliphatic rings. The monoisotopic (exact) mass is 310 g/mol. The van der Waals surface area contributed by atoms with E-state index in [1.165, 1.54) is 7.11 Å². The van der Waals surface area contributed by atoms with Crippen molar-refractivity contribution in [2.24, 2.45) is 0 Å². The second kappa shape index (κ2) is 6.85. The van der Waals surface area contributed by atoms with Gasteiger partial charge < -0.3 is 29.6 Å². The second-order valence-corrected chi connectivity index (χ2v) is 5.35. The lowest BCUT2D eigenvalue weighted by Crippen LogP contribution is -2.37. The largest absolute Gasteiger partial charge is 0.497 e. The number of urea groups is 1. The zero-order valence-corrected chi connectivity index (χ0v) is 13.3. The van der Waals surface area contributed by atoms with E-state index >= 15 is 0 Å². The average molecular weight is 310 g/mol. The van der Waals surface area contributed by atoms with Crippen LogP contribution in [0, 0.1) is 0 Å². The molecule has 122 valence electrons. The molecule has 7 heteroatoms. The van der Waals surface area contributed by atoms with Crippen LogP contribution in [0.25, 0.3) is 0 Å². The molecule has 1 atom stereocenters. The van der Waals surface area contributed by atoms with Gasteiger partial charge >= 0.3 is 6.03 Å². The predicted molar refractivity (Wildman–Crippen MR) is 81.5 cm³/mol. The lowest BCUT2D eigenvalue weighted by molar-refractivity contribution is -0.137. The van der Waals surface area contributed by atoms with E-state index in [2.05, 4.69) is 10.6 Å². The molecular weight excluding hydrogens is 288 g/mol. The van der Waals surface area contributed by atoms with E-state index in [9.17, 15) is 4.79 Å². The summed E-state index contributed by atoms with van der Waals surface area (Å²) in [6, 6.07) is 4.83. The lowest BCUT2D eigenvalue weighted by atomic mass is 10.2. The average Bonchev–Trinajstić information content (AvgIpc) is 2.85. The lowest BCUT2D eigenvalue weighted by Gasteiger charge is -2.17. The van der Waals surface area contributed by atoms with Crippen LogP contribution in [0.2, 0.25) is 0 Å². The fourth-order valence-corrected chi connectivity index (χ4v) is 2.14. The Hall–Kier alpha value is -1.99. The van der Waals surface area contributed by atoms with Crippen LogP contribution < -0.4 is 20.1 Å². The van der Waals surface area contributed by atoms with Crippen molar-refractivity contribution in [3.05, 3.63) is 18.2 Å². The third-order valence-corrected chi connectivity index (χ3v) is 3.21. The summed E-state index contributed by atoms with van der Waals surface area (Å²) < 4.78 is 21.4. The van der Waals surface area contributed by atoms with Crippen molar-refractivity contribution in [2.75, 3.05) is 32.7 Å². The highest BCUT2D eigenvalue weighted by Gasteiger charge is 2.32. The first-order chi connectivity index (χ1) is 10.4. The van der Waals surface area contributed by atoms with Gasteiger partial charge in [0, 0.05) is 12.6 Å². The van der Waals surface area contributed by atoms with Gasteiger partial charge in [-0.2, -0.15) is 0 Å². The Morgan fingerprint density at radius 2 is 2.14 bits per heavy atom. The Kier molecular flexibility index (Phi) is 5.10. The number of methoxy groups -OCH3 is 2. The Morgan fingerprint density at radius 1 is 1.36 bits per heavy atom. The minimum atomic E-state index is -0.595. The molecule has 1 fully saturated rings. The van der Waals surface area contributed by atoms with Gasteiger partial charge in [-0.25, -0.2) is 4.79 Å². The molecule has 1 heterocycles. The van der Waals surface area contributed by atoms with Crippen molar-refractivity contribution in [3.8, 4) is 11.5 Å². The van der Waals surface area contributed by atoms with Crippen LogP contribution >= 0.6 is 0 Å². The normalized spacial score (nSPS) is 19.5. The summed E-state index contributed by atoms with van der Waals surface area (Å²) in [4.78, 5) is 11.9. The number of ether oxygens (including phenoxy) is 4. The summed E-state index contributed by atoms with van der Waals surface area (Å²) in [5.74, 6) is 0.583. The fraction of sp³-hybridized carbons (Fsp3) is 0.533. The van der Waals surface area contributed by atoms with E-state index in [-0.39, 0.29) is 12.1 Å². The van der Waals surface area contributed by atoms with Gasteiger partial charge in [0.25, 0.3) is 0 Å². The first-order valence-electron chi connectivity index (χ1n) is 7.02. The van der Waals surface area contributed by atoms with Crippen molar-refractivity contribution < 1.29 is 23.7 Å². The van der Waals surface area contributed by atoms with Crippen LogP contribution in [0.1, 0.15) is 13.8 Å². The Balaban J connectivity index is 1.87. The maximum atomic E-state index is 11.9. The maximum absolute atomic E-state index is 11.9. The molecule has 0 bridgehead atoms. The van der Waals surface area contributed by atoms with E-state index in [0.717, 1.165) is 0 Å². The van der Waals surface area contributed by atoms with Crippen LogP contribution in [-0.2, 0) is 9.47 Å². The number of carbonyl (C=O) groups is 1. The molecule has 22 heavy (non-hydrogen) atoms. The first kappa shape index (κ1) is 16.4. The summed E-state index contributed by atoms with van der Waals surface area (Å²) in [6.45, 7) is 4.51. The van der Waals surface area contributed by atoms with Crippen LogP contribution in [0.5, 0.6) is 11.5 Å². The molecule has 2 amide bonds. The van der Waals surface area contributed by atoms with Crippen molar-refractivity contribution in [1.29, 1.82) is 0 Å². The van der Waals surface area contributed by atoms with Crippen molar-refractivity contribution in [2.45, 2.75) is 25.7 Å². The predicted octanol–water partition coefficient (Wildman–Crippen LogP) is 1.98. The summed E-state index contributed by atoms with van der Waals surface area (Å²) in [6.07, 6.45) is -0.154. The Morgan fingerprint density at radius 3 is 2.73 bits per heavy atom. The summed E-state index contributed by atoms with van der Waals surface area (Å²) in [7, 11) is 3.10. The quantitative estimate of drug-likeness (QED) is 0.869. The molecule has 0 radical (unpaired) electrons. The molecular formula is C15H22N2O5. The molecule has 0 saturated carbocycles. The number of anilines is 1. The molecule has 7 nitrogen and oxygen atoms in total. The maximum Gasteiger partial charge on any atom is 0.319 e. The van der Waals surface area contributed by atoms with Crippen molar-refractivity contribution in [1.82, 2.24) is 5.32 Å². The van der Waals surface area contributed by atoms with Gasteiger partial charge in [0.1, 0.15) is 17.6 Å². The van der Waals surface area contributed by atoms with E-state index in [0.29, 0.717) is 30.3 Å². The first-order valence-corrected chi connectivity index (χ1v) is 7.02. The minimum absolute atomic E-state index is 0.154. The molecule has 0 aliphatic carbocycles. The number of benzene rings is 1. The van der Waals surface area contributed by atoms with Crippen LogP contribution in [0.15, 0.2) is 18.2 Å². The topological polar surface area (TPSA) is 78.1 Å². The van der Waals surface area contributed by atoms with Gasteiger partial charge in [-0.1, -0.05) is 0 Å². The number of hydrogen-bond donors (Lipinski definition) is 2. The zero-order valence-electron chi connectivity index (χ0n) is 13.3. The van der Waals surface area contributed by atoms with Gasteiger partial charge in [0.2, 0.25) is 0 Å². The van der Waals surface area contributed by atoms with E-state index in [1.54, 1.807) is 25.3 Å². The molecule has 2 N–H and O–H groups in total. The third kappa shape index (κ3) is 4.25. The molecule has 1 aliphatic heterocycles. The summed E-state index contributed by atoms with van der Waals surface area (Å²) in [5.41, 5.74) is 0.560. The smallest absolute Gasteiger partial charge is 0.319 e. The highest BCUT2D eigenvalue weighted by atomic mass is 16.7. The molecule has 0 spiro atoms. The van der Waals surface area contributed by atoms with E-state index in [4.69, 9.17) is 18.9 Å². The van der Waals surface area contributed by atoms with Gasteiger partial charge in [-0.3, -0.25) is 0 Å². The highest BCUT2D eigenvalue weighted by Crippen LogP contribution is 2.29. The minimum Gasteiger partial charge on any atom is -0.497 e. The SMILES string of the molecule is COc1ccc(NC(=O)NCC2COC(C)(C)O2)c(OC)c1. The van der Waals surface area contributed by atoms with Crippen LogP contribution in [0.4, 0.5) is 10.5 Å². The molecule has 0 aromatic heterocycles. The molecule has 1 unspecified atom stereocenters. The second-order valence-electron chi connectivity index (χ2n) is 5.35. The zero-order chi connectivity index (χ0) is 16.2. The number of rotatable bonds is 5. The molecule has 1 aromatic rings. The number of nitrogens with one attached hydrogen (secondary N) is 2. The number of amides is 2. The number of hydrogen-bond acceptors (Lipinski definition) is 5. The van der Waals surface area contributed by atoms with E-state index in [1.807, 2.05) is 13.8 Å². The van der Waals surface area contributed by atoms with Crippen LogP contribution in [0.3, 0.4) is 0 Å². The summed E-state index contributed by atoms with van der Waals surface area (Å²) >= 11 is 0. The standard InChI is InChI=1S/C15H22N2O5/c1-15(2)21-9-11(22-15)8-16-14(18)17-12-6-5-10(19-3)7-13(12)20-4/h5-7,11H,8-9H2,1-4H3,(H2,16,17,18). The highest BCUT2D eigenvalue weighted by molar-refractivity contribution is 5.91. The van der Waals surface area contributed by atoms with Gasteiger partial charge in [-0.15, -0.1) is 0 Å². The van der Waals surface area contributed by atoms with Crippen molar-refractivity contribution >= 4 is 11.7 Å². The molecule has 2 rings (SSSR count). The third-order valence-electron chi connectivity index (χ3n) is 3.21.